The molecule has 3 aromatic rings. The van der Waals surface area contributed by atoms with Gasteiger partial charge in [-0.15, -0.1) is 0 Å². The topological polar surface area (TPSA) is 91.6 Å². The Bertz CT molecular complexity index is 1330. The Morgan fingerprint density at radius 1 is 1.06 bits per heavy atom. The fourth-order valence-electron chi connectivity index (χ4n) is 3.22. The Hall–Kier alpha value is -3.46. The van der Waals surface area contributed by atoms with Crippen LogP contribution in [-0.2, 0) is 9.59 Å². The number of rotatable bonds is 4. The van der Waals surface area contributed by atoms with Gasteiger partial charge in [0.2, 0.25) is 0 Å². The quantitative estimate of drug-likeness (QED) is 0.326. The molecule has 32 heavy (non-hydrogen) atoms. The van der Waals surface area contributed by atoms with Crippen molar-refractivity contribution in [3.63, 3.8) is 0 Å². The van der Waals surface area contributed by atoms with Crippen LogP contribution in [0.2, 0.25) is 10.0 Å². The van der Waals surface area contributed by atoms with E-state index in [2.05, 4.69) is 5.32 Å². The summed E-state index contributed by atoms with van der Waals surface area (Å²) in [5.74, 6) is -2.40. The number of thiocarbonyl (C=S) groups is 1. The largest absolute Gasteiger partial charge is 0.478 e. The lowest BCUT2D eigenvalue weighted by Crippen LogP contribution is -2.54. The van der Waals surface area contributed by atoms with Gasteiger partial charge in [0.25, 0.3) is 11.8 Å². The first-order valence-corrected chi connectivity index (χ1v) is 10.3. The third-order valence-electron chi connectivity index (χ3n) is 4.72. The highest BCUT2D eigenvalue weighted by Gasteiger charge is 2.36. The fourth-order valence-corrected chi connectivity index (χ4v) is 3.88. The highest BCUT2D eigenvalue weighted by atomic mass is 35.5. The van der Waals surface area contributed by atoms with Crippen molar-refractivity contribution < 1.29 is 19.5 Å². The van der Waals surface area contributed by atoms with Crippen LogP contribution in [0, 0.1) is 0 Å². The minimum Gasteiger partial charge on any atom is -0.478 e. The highest BCUT2D eigenvalue weighted by Crippen LogP contribution is 2.34. The average Bonchev–Trinajstić information content (AvgIpc) is 3.22. The molecule has 0 aliphatic carbocycles. The number of aromatic carboxylic acids is 1. The standard InChI is InChI=1S/C22H13Cl2N3O4S/c23-16-7-2-8-17(18(16)24)27-20(29)15(19(28)25-22(27)32)11-14-6-3-9-26(14)13-5-1-4-12(10-13)21(30)31/h1-11H,(H,30,31)(H,25,28,32). The molecule has 1 fully saturated rings. The Balaban J connectivity index is 1.77. The summed E-state index contributed by atoms with van der Waals surface area (Å²) < 4.78 is 1.66. The number of carboxylic acid groups (broad SMARTS) is 1. The predicted octanol–water partition coefficient (Wildman–Crippen LogP) is 4.31. The first-order chi connectivity index (χ1) is 15.3. The predicted molar refractivity (Wildman–Crippen MR) is 125 cm³/mol. The zero-order valence-electron chi connectivity index (χ0n) is 16.1. The van der Waals surface area contributed by atoms with Crippen molar-refractivity contribution >= 4 is 70.1 Å². The molecule has 0 spiro atoms. The van der Waals surface area contributed by atoms with Crippen molar-refractivity contribution in [2.75, 3.05) is 4.90 Å². The summed E-state index contributed by atoms with van der Waals surface area (Å²) in [6, 6.07) is 14.4. The molecule has 0 atom stereocenters. The SMILES string of the molecule is O=C1NC(=S)N(c2cccc(Cl)c2Cl)C(=O)C1=Cc1cccn1-c1cccc(C(=O)O)c1. The van der Waals surface area contributed by atoms with Crippen LogP contribution in [0.25, 0.3) is 11.8 Å². The third-order valence-corrected chi connectivity index (χ3v) is 5.81. The maximum absolute atomic E-state index is 13.2. The van der Waals surface area contributed by atoms with E-state index >= 15 is 0 Å². The molecule has 160 valence electrons. The van der Waals surface area contributed by atoms with Gasteiger partial charge in [0, 0.05) is 17.6 Å². The Morgan fingerprint density at radius 2 is 1.81 bits per heavy atom. The molecule has 2 amide bonds. The average molecular weight is 486 g/mol. The molecule has 4 rings (SSSR count). The number of anilines is 1. The fraction of sp³-hybridized carbons (Fsp3) is 0. The van der Waals surface area contributed by atoms with E-state index in [4.69, 9.17) is 35.4 Å². The number of nitrogens with zero attached hydrogens (tertiary/aromatic N) is 2. The molecule has 0 bridgehead atoms. The van der Waals surface area contributed by atoms with E-state index in [0.29, 0.717) is 11.4 Å². The molecule has 0 radical (unpaired) electrons. The van der Waals surface area contributed by atoms with E-state index in [1.54, 1.807) is 53.2 Å². The summed E-state index contributed by atoms with van der Waals surface area (Å²) in [4.78, 5) is 38.3. The summed E-state index contributed by atoms with van der Waals surface area (Å²) in [7, 11) is 0. The third kappa shape index (κ3) is 3.91. The van der Waals surface area contributed by atoms with Gasteiger partial charge in [-0.2, -0.15) is 0 Å². The van der Waals surface area contributed by atoms with E-state index in [0.717, 1.165) is 4.90 Å². The summed E-state index contributed by atoms with van der Waals surface area (Å²) in [6.07, 6.45) is 3.09. The van der Waals surface area contributed by atoms with Crippen molar-refractivity contribution in [2.45, 2.75) is 0 Å². The van der Waals surface area contributed by atoms with E-state index in [9.17, 15) is 19.5 Å². The zero-order valence-corrected chi connectivity index (χ0v) is 18.4. The van der Waals surface area contributed by atoms with E-state index < -0.39 is 17.8 Å². The lowest BCUT2D eigenvalue weighted by Gasteiger charge is -2.29. The molecule has 2 N–H and O–H groups in total. The van der Waals surface area contributed by atoms with Crippen LogP contribution in [-0.4, -0.2) is 32.6 Å². The van der Waals surface area contributed by atoms with Gasteiger partial charge < -0.3 is 9.67 Å². The van der Waals surface area contributed by atoms with Crippen LogP contribution in [0.5, 0.6) is 0 Å². The summed E-state index contributed by atoms with van der Waals surface area (Å²) in [5.41, 5.74) is 1.20. The van der Waals surface area contributed by atoms with Gasteiger partial charge in [-0.1, -0.05) is 35.3 Å². The van der Waals surface area contributed by atoms with Crippen molar-refractivity contribution in [1.29, 1.82) is 0 Å². The van der Waals surface area contributed by atoms with Crippen molar-refractivity contribution in [1.82, 2.24) is 9.88 Å². The molecule has 1 aromatic heterocycles. The number of benzene rings is 2. The van der Waals surface area contributed by atoms with Crippen molar-refractivity contribution in [3.8, 4) is 5.69 Å². The molecular formula is C22H13Cl2N3O4S. The second-order valence-electron chi connectivity index (χ2n) is 6.69. The number of amides is 2. The van der Waals surface area contributed by atoms with Gasteiger partial charge in [-0.25, -0.2) is 4.79 Å². The number of aromatic nitrogens is 1. The molecule has 7 nitrogen and oxygen atoms in total. The van der Waals surface area contributed by atoms with Crippen LogP contribution >= 0.6 is 35.4 Å². The molecule has 1 saturated heterocycles. The monoisotopic (exact) mass is 485 g/mol. The molecular weight excluding hydrogens is 473 g/mol. The first kappa shape index (κ1) is 21.8. The number of hydrogen-bond acceptors (Lipinski definition) is 4. The first-order valence-electron chi connectivity index (χ1n) is 9.14. The van der Waals surface area contributed by atoms with Crippen LogP contribution in [0.4, 0.5) is 5.69 Å². The van der Waals surface area contributed by atoms with E-state index in [1.165, 1.54) is 18.2 Å². The zero-order chi connectivity index (χ0) is 23.0. The minimum absolute atomic E-state index is 0.105. The number of carboxylic acids is 1. The van der Waals surface area contributed by atoms with Gasteiger partial charge in [0.1, 0.15) is 5.57 Å². The summed E-state index contributed by atoms with van der Waals surface area (Å²) in [5, 5.41) is 12.0. The van der Waals surface area contributed by atoms with Crippen LogP contribution in [0.3, 0.4) is 0 Å². The van der Waals surface area contributed by atoms with Gasteiger partial charge in [0.05, 0.1) is 21.3 Å². The van der Waals surface area contributed by atoms with Crippen molar-refractivity contribution in [2.24, 2.45) is 0 Å². The molecule has 10 heteroatoms. The lowest BCUT2D eigenvalue weighted by molar-refractivity contribution is -0.122. The van der Waals surface area contributed by atoms with Gasteiger partial charge >= 0.3 is 5.97 Å². The maximum atomic E-state index is 13.2. The van der Waals surface area contributed by atoms with Gasteiger partial charge in [0.15, 0.2) is 5.11 Å². The molecule has 0 unspecified atom stereocenters. The normalized spacial score (nSPS) is 15.2. The second-order valence-corrected chi connectivity index (χ2v) is 7.86. The van der Waals surface area contributed by atoms with E-state index in [1.807, 2.05) is 0 Å². The van der Waals surface area contributed by atoms with Crippen molar-refractivity contribution in [3.05, 3.63) is 87.7 Å². The molecule has 0 saturated carbocycles. The maximum Gasteiger partial charge on any atom is 0.335 e. The number of nitrogens with one attached hydrogen (secondary N) is 1. The smallest absolute Gasteiger partial charge is 0.335 e. The summed E-state index contributed by atoms with van der Waals surface area (Å²) in [6.45, 7) is 0. The van der Waals surface area contributed by atoms with Crippen LogP contribution in [0.1, 0.15) is 16.1 Å². The molecule has 2 aromatic carbocycles. The minimum atomic E-state index is -1.07. The van der Waals surface area contributed by atoms with Gasteiger partial charge in [-0.3, -0.25) is 19.8 Å². The highest BCUT2D eigenvalue weighted by molar-refractivity contribution is 7.80. The Labute approximate surface area is 197 Å². The van der Waals surface area contributed by atoms with Crippen LogP contribution in [0.15, 0.2) is 66.4 Å². The molecule has 2 heterocycles. The Kier molecular flexibility index (Phi) is 5.84. The number of carbonyl (C=O) groups is 3. The number of halogens is 2. The van der Waals surface area contributed by atoms with E-state index in [-0.39, 0.29) is 32.0 Å². The number of carbonyl (C=O) groups excluding carboxylic acids is 2. The Morgan fingerprint density at radius 3 is 2.56 bits per heavy atom. The summed E-state index contributed by atoms with van der Waals surface area (Å²) >= 11 is 17.5. The molecule has 1 aliphatic heterocycles. The lowest BCUT2D eigenvalue weighted by atomic mass is 10.1. The molecule has 1 aliphatic rings. The second kappa shape index (κ2) is 8.58. The van der Waals surface area contributed by atoms with Gasteiger partial charge in [-0.05, 0) is 60.8 Å². The number of hydrogen-bond donors (Lipinski definition) is 2. The van der Waals surface area contributed by atoms with Crippen LogP contribution < -0.4 is 10.2 Å².